The SMILES string of the molecule is CCCCCCN(Cc1ccccc1)C(=O)Cc1ccc(OCc2ccccc2C(=O)OC)c(F)c1. The number of ether oxygens (including phenoxy) is 2. The van der Waals surface area contributed by atoms with Crippen molar-refractivity contribution in [3.63, 3.8) is 0 Å². The second-order valence-corrected chi connectivity index (χ2v) is 8.74. The molecule has 0 saturated carbocycles. The van der Waals surface area contributed by atoms with Gasteiger partial charge in [-0.25, -0.2) is 9.18 Å². The molecule has 190 valence electrons. The van der Waals surface area contributed by atoms with Crippen LogP contribution >= 0.6 is 0 Å². The maximum Gasteiger partial charge on any atom is 0.338 e. The van der Waals surface area contributed by atoms with Gasteiger partial charge >= 0.3 is 5.97 Å². The van der Waals surface area contributed by atoms with E-state index in [1.807, 2.05) is 35.2 Å². The Morgan fingerprint density at radius 1 is 0.889 bits per heavy atom. The molecule has 6 heteroatoms. The molecule has 3 aromatic rings. The first-order chi connectivity index (χ1) is 17.5. The Morgan fingerprint density at radius 3 is 2.36 bits per heavy atom. The van der Waals surface area contributed by atoms with Crippen LogP contribution in [0, 0.1) is 5.82 Å². The zero-order valence-corrected chi connectivity index (χ0v) is 21.0. The zero-order valence-electron chi connectivity index (χ0n) is 21.0. The summed E-state index contributed by atoms with van der Waals surface area (Å²) in [5.74, 6) is -0.992. The minimum atomic E-state index is -0.548. The highest BCUT2D eigenvalue weighted by molar-refractivity contribution is 5.90. The van der Waals surface area contributed by atoms with Gasteiger partial charge in [-0.1, -0.05) is 80.8 Å². The van der Waals surface area contributed by atoms with Gasteiger partial charge in [-0.3, -0.25) is 4.79 Å². The number of methoxy groups -OCH3 is 1. The number of carbonyl (C=O) groups excluding carboxylic acids is 2. The van der Waals surface area contributed by atoms with Crippen molar-refractivity contribution in [2.75, 3.05) is 13.7 Å². The highest BCUT2D eigenvalue weighted by Gasteiger charge is 2.17. The first-order valence-corrected chi connectivity index (χ1v) is 12.4. The summed E-state index contributed by atoms with van der Waals surface area (Å²) < 4.78 is 25.3. The van der Waals surface area contributed by atoms with E-state index < -0.39 is 11.8 Å². The fourth-order valence-corrected chi connectivity index (χ4v) is 3.99. The summed E-state index contributed by atoms with van der Waals surface area (Å²) in [4.78, 5) is 26.9. The molecule has 0 aliphatic heterocycles. The molecule has 5 nitrogen and oxygen atoms in total. The fraction of sp³-hybridized carbons (Fsp3) is 0.333. The van der Waals surface area contributed by atoms with Crippen LogP contribution in [0.2, 0.25) is 0 Å². The molecular formula is C30H34FNO4. The lowest BCUT2D eigenvalue weighted by Crippen LogP contribution is -2.32. The predicted octanol–water partition coefficient (Wildman–Crippen LogP) is 6.34. The molecule has 36 heavy (non-hydrogen) atoms. The third kappa shape index (κ3) is 7.94. The van der Waals surface area contributed by atoms with E-state index in [0.717, 1.165) is 31.2 Å². The largest absolute Gasteiger partial charge is 0.486 e. The van der Waals surface area contributed by atoms with Gasteiger partial charge in [0.05, 0.1) is 19.1 Å². The summed E-state index contributed by atoms with van der Waals surface area (Å²) in [5.41, 5.74) is 2.64. The summed E-state index contributed by atoms with van der Waals surface area (Å²) in [5, 5.41) is 0. The monoisotopic (exact) mass is 491 g/mol. The fourth-order valence-electron chi connectivity index (χ4n) is 3.99. The Hall–Kier alpha value is -3.67. The summed E-state index contributed by atoms with van der Waals surface area (Å²) >= 11 is 0. The van der Waals surface area contributed by atoms with Crippen LogP contribution in [0.25, 0.3) is 0 Å². The van der Waals surface area contributed by atoms with Crippen LogP contribution < -0.4 is 4.74 Å². The lowest BCUT2D eigenvalue weighted by atomic mass is 10.1. The molecule has 0 radical (unpaired) electrons. The number of nitrogens with zero attached hydrogens (tertiary/aromatic N) is 1. The highest BCUT2D eigenvalue weighted by atomic mass is 19.1. The summed E-state index contributed by atoms with van der Waals surface area (Å²) in [7, 11) is 1.31. The lowest BCUT2D eigenvalue weighted by molar-refractivity contribution is -0.131. The number of halogens is 1. The minimum Gasteiger partial charge on any atom is -0.486 e. The number of esters is 1. The summed E-state index contributed by atoms with van der Waals surface area (Å²) in [6.07, 6.45) is 4.41. The van der Waals surface area contributed by atoms with Crippen LogP contribution in [0.1, 0.15) is 59.7 Å². The van der Waals surface area contributed by atoms with E-state index in [-0.39, 0.29) is 24.7 Å². The Labute approximate surface area is 212 Å². The van der Waals surface area contributed by atoms with Gasteiger partial charge < -0.3 is 14.4 Å². The molecule has 0 aromatic heterocycles. The molecule has 0 N–H and O–H groups in total. The first-order valence-electron chi connectivity index (χ1n) is 12.4. The third-order valence-electron chi connectivity index (χ3n) is 6.01. The van der Waals surface area contributed by atoms with E-state index in [2.05, 4.69) is 6.92 Å². The van der Waals surface area contributed by atoms with Gasteiger partial charge in [0.15, 0.2) is 11.6 Å². The molecule has 0 atom stereocenters. The quantitative estimate of drug-likeness (QED) is 0.207. The van der Waals surface area contributed by atoms with Crippen LogP contribution in [0.4, 0.5) is 4.39 Å². The van der Waals surface area contributed by atoms with Crippen LogP contribution in [0.3, 0.4) is 0 Å². The van der Waals surface area contributed by atoms with Crippen molar-refractivity contribution in [3.05, 3.63) is 101 Å². The maximum absolute atomic E-state index is 14.8. The number of hydrogen-bond acceptors (Lipinski definition) is 4. The molecular weight excluding hydrogens is 457 g/mol. The van der Waals surface area contributed by atoms with Crippen LogP contribution in [0.15, 0.2) is 72.8 Å². The number of unbranched alkanes of at least 4 members (excludes halogenated alkanes) is 3. The Balaban J connectivity index is 1.65. The van der Waals surface area contributed by atoms with E-state index in [9.17, 15) is 14.0 Å². The predicted molar refractivity (Wildman–Crippen MR) is 138 cm³/mol. The van der Waals surface area contributed by atoms with Gasteiger partial charge in [0.2, 0.25) is 5.91 Å². The van der Waals surface area contributed by atoms with Gasteiger partial charge in [0.25, 0.3) is 0 Å². The van der Waals surface area contributed by atoms with E-state index in [1.165, 1.54) is 19.2 Å². The van der Waals surface area contributed by atoms with E-state index >= 15 is 0 Å². The van der Waals surface area contributed by atoms with Crippen molar-refractivity contribution in [1.29, 1.82) is 0 Å². The van der Waals surface area contributed by atoms with E-state index in [1.54, 1.807) is 30.3 Å². The number of benzene rings is 3. The van der Waals surface area contributed by atoms with Gasteiger partial charge in [0.1, 0.15) is 6.61 Å². The smallest absolute Gasteiger partial charge is 0.338 e. The van der Waals surface area contributed by atoms with Crippen molar-refractivity contribution >= 4 is 11.9 Å². The second-order valence-electron chi connectivity index (χ2n) is 8.74. The van der Waals surface area contributed by atoms with Gasteiger partial charge in [-0.2, -0.15) is 0 Å². The van der Waals surface area contributed by atoms with Crippen LogP contribution in [-0.2, 0) is 29.1 Å². The summed E-state index contributed by atoms with van der Waals surface area (Å²) in [6.45, 7) is 3.39. The van der Waals surface area contributed by atoms with E-state index in [4.69, 9.17) is 9.47 Å². The standard InChI is InChI=1S/C30H34FNO4/c1-3-4-5-11-18-32(21-23-12-7-6-8-13-23)29(33)20-24-16-17-28(27(31)19-24)36-22-25-14-9-10-15-26(25)30(34)35-2/h6-10,12-17,19H,3-5,11,18,20-22H2,1-2H3. The molecule has 0 aliphatic carbocycles. The number of carbonyl (C=O) groups is 2. The molecule has 0 unspecified atom stereocenters. The first kappa shape index (κ1) is 26.9. The van der Waals surface area contributed by atoms with Crippen LogP contribution in [-0.4, -0.2) is 30.4 Å². The van der Waals surface area contributed by atoms with Gasteiger partial charge in [-0.15, -0.1) is 0 Å². The van der Waals surface area contributed by atoms with Gasteiger partial charge in [-0.05, 0) is 35.7 Å². The maximum atomic E-state index is 14.8. The topological polar surface area (TPSA) is 55.8 Å². The Kier molecular flexibility index (Phi) is 10.5. The zero-order chi connectivity index (χ0) is 25.8. The van der Waals surface area contributed by atoms with Crippen molar-refractivity contribution in [1.82, 2.24) is 4.90 Å². The number of hydrogen-bond donors (Lipinski definition) is 0. The van der Waals surface area contributed by atoms with Crippen molar-refractivity contribution in [3.8, 4) is 5.75 Å². The van der Waals surface area contributed by atoms with Crippen molar-refractivity contribution in [2.45, 2.75) is 52.2 Å². The lowest BCUT2D eigenvalue weighted by Gasteiger charge is -2.23. The molecule has 3 aromatic carbocycles. The highest BCUT2D eigenvalue weighted by Crippen LogP contribution is 2.22. The number of rotatable bonds is 13. The molecule has 0 bridgehead atoms. The minimum absolute atomic E-state index is 0.0169. The Morgan fingerprint density at radius 2 is 1.64 bits per heavy atom. The van der Waals surface area contributed by atoms with Crippen LogP contribution in [0.5, 0.6) is 5.75 Å². The molecule has 3 rings (SSSR count). The van der Waals surface area contributed by atoms with Crippen molar-refractivity contribution < 1.29 is 23.5 Å². The molecule has 0 spiro atoms. The third-order valence-corrected chi connectivity index (χ3v) is 6.01. The molecule has 0 fully saturated rings. The molecule has 0 saturated heterocycles. The normalized spacial score (nSPS) is 10.6. The molecule has 0 aliphatic rings. The number of amides is 1. The average molecular weight is 492 g/mol. The summed E-state index contributed by atoms with van der Waals surface area (Å²) in [6, 6.07) is 21.4. The van der Waals surface area contributed by atoms with Gasteiger partial charge in [0, 0.05) is 18.7 Å². The average Bonchev–Trinajstić information content (AvgIpc) is 2.90. The second kappa shape index (κ2) is 14.0. The van der Waals surface area contributed by atoms with E-state index in [0.29, 0.717) is 29.8 Å². The molecule has 0 heterocycles. The molecule has 1 amide bonds. The van der Waals surface area contributed by atoms with Crippen molar-refractivity contribution in [2.24, 2.45) is 0 Å². The Bertz CT molecular complexity index is 1130.